The summed E-state index contributed by atoms with van der Waals surface area (Å²) < 4.78 is 16.0. The lowest BCUT2D eigenvalue weighted by atomic mass is 10.1. The fourth-order valence-corrected chi connectivity index (χ4v) is 1.74. The number of carbonyl (C=O) groups excluding carboxylic acids is 1. The van der Waals surface area contributed by atoms with E-state index in [1.165, 1.54) is 0 Å². The summed E-state index contributed by atoms with van der Waals surface area (Å²) in [6, 6.07) is 0. The molecular weight excluding hydrogens is 268 g/mol. The molecule has 0 N–H and O–H groups in total. The van der Waals surface area contributed by atoms with Crippen molar-refractivity contribution in [1.82, 2.24) is 0 Å². The second kappa shape index (κ2) is 14.1. The van der Waals surface area contributed by atoms with Gasteiger partial charge in [-0.1, -0.05) is 26.3 Å². The number of rotatable bonds is 13. The van der Waals surface area contributed by atoms with Crippen molar-refractivity contribution in [2.75, 3.05) is 19.8 Å². The van der Waals surface area contributed by atoms with Gasteiger partial charge in [0.15, 0.2) is 6.29 Å². The highest BCUT2D eigenvalue weighted by Crippen LogP contribution is 2.07. The number of hydrogen-bond donors (Lipinski definition) is 0. The molecule has 0 aliphatic heterocycles. The van der Waals surface area contributed by atoms with Crippen molar-refractivity contribution in [3.8, 4) is 0 Å². The zero-order chi connectivity index (χ0) is 15.9. The van der Waals surface area contributed by atoms with E-state index in [0.717, 1.165) is 25.7 Å². The predicted octanol–water partition coefficient (Wildman–Crippen LogP) is 4.09. The largest absolute Gasteiger partial charge is 0.465 e. The van der Waals surface area contributed by atoms with E-state index in [9.17, 15) is 4.79 Å². The SMILES string of the molecule is CCOC(/C=C/CCCCCC(=O)OCC(C)C)OCC. The first-order valence-electron chi connectivity index (χ1n) is 8.15. The van der Waals surface area contributed by atoms with Crippen molar-refractivity contribution in [1.29, 1.82) is 0 Å². The van der Waals surface area contributed by atoms with Gasteiger partial charge in [-0.05, 0) is 45.1 Å². The Balaban J connectivity index is 3.55. The van der Waals surface area contributed by atoms with Crippen LogP contribution in [-0.4, -0.2) is 32.1 Å². The van der Waals surface area contributed by atoms with Gasteiger partial charge in [-0.25, -0.2) is 0 Å². The van der Waals surface area contributed by atoms with Gasteiger partial charge in [0.25, 0.3) is 0 Å². The summed E-state index contributed by atoms with van der Waals surface area (Å²) in [5.74, 6) is 0.328. The van der Waals surface area contributed by atoms with Crippen molar-refractivity contribution in [3.63, 3.8) is 0 Å². The van der Waals surface area contributed by atoms with Crippen LogP contribution in [0.3, 0.4) is 0 Å². The highest BCUT2D eigenvalue weighted by atomic mass is 16.7. The molecule has 0 saturated heterocycles. The molecule has 0 saturated carbocycles. The molecule has 0 aliphatic rings. The van der Waals surface area contributed by atoms with Gasteiger partial charge in [-0.15, -0.1) is 0 Å². The lowest BCUT2D eigenvalue weighted by Gasteiger charge is -2.12. The van der Waals surface area contributed by atoms with Gasteiger partial charge >= 0.3 is 5.97 Å². The van der Waals surface area contributed by atoms with E-state index in [-0.39, 0.29) is 12.3 Å². The van der Waals surface area contributed by atoms with E-state index in [0.29, 0.717) is 32.2 Å². The molecule has 0 unspecified atom stereocenters. The van der Waals surface area contributed by atoms with Crippen molar-refractivity contribution in [2.45, 2.75) is 66.1 Å². The third-order valence-corrected chi connectivity index (χ3v) is 2.78. The fraction of sp³-hybridized carbons (Fsp3) is 0.824. The van der Waals surface area contributed by atoms with Crippen molar-refractivity contribution in [2.24, 2.45) is 5.92 Å². The van der Waals surface area contributed by atoms with Crippen LogP contribution < -0.4 is 0 Å². The number of ether oxygens (including phenoxy) is 3. The second-order valence-electron chi connectivity index (χ2n) is 5.38. The normalized spacial score (nSPS) is 11.7. The van der Waals surface area contributed by atoms with Crippen LogP contribution in [0.15, 0.2) is 12.2 Å². The van der Waals surface area contributed by atoms with Crippen molar-refractivity contribution in [3.05, 3.63) is 12.2 Å². The molecule has 0 aromatic rings. The first kappa shape index (κ1) is 20.1. The summed E-state index contributed by atoms with van der Waals surface area (Å²) in [6.07, 6.45) is 8.33. The predicted molar refractivity (Wildman–Crippen MR) is 85.1 cm³/mol. The molecule has 0 aromatic heterocycles. The second-order valence-corrected chi connectivity index (χ2v) is 5.38. The molecule has 4 heteroatoms. The Hall–Kier alpha value is -0.870. The lowest BCUT2D eigenvalue weighted by Crippen LogP contribution is -2.14. The first-order valence-corrected chi connectivity index (χ1v) is 8.15. The lowest BCUT2D eigenvalue weighted by molar-refractivity contribution is -0.144. The van der Waals surface area contributed by atoms with E-state index < -0.39 is 0 Å². The minimum absolute atomic E-state index is 0.0769. The summed E-state index contributed by atoms with van der Waals surface area (Å²) >= 11 is 0. The van der Waals surface area contributed by atoms with E-state index >= 15 is 0 Å². The minimum Gasteiger partial charge on any atom is -0.465 e. The third-order valence-electron chi connectivity index (χ3n) is 2.78. The minimum atomic E-state index is -0.231. The molecule has 0 atom stereocenters. The Bertz CT molecular complexity index is 268. The highest BCUT2D eigenvalue weighted by Gasteiger charge is 2.04. The van der Waals surface area contributed by atoms with Gasteiger partial charge in [-0.2, -0.15) is 0 Å². The van der Waals surface area contributed by atoms with Crippen LogP contribution in [0.1, 0.15) is 59.8 Å². The maximum absolute atomic E-state index is 11.4. The summed E-state index contributed by atoms with van der Waals surface area (Å²) in [4.78, 5) is 11.4. The number of hydrogen-bond acceptors (Lipinski definition) is 4. The molecule has 21 heavy (non-hydrogen) atoms. The van der Waals surface area contributed by atoms with Crippen LogP contribution in [0.2, 0.25) is 0 Å². The number of carbonyl (C=O) groups is 1. The van der Waals surface area contributed by atoms with Crippen LogP contribution in [-0.2, 0) is 19.0 Å². The zero-order valence-corrected chi connectivity index (χ0v) is 14.1. The van der Waals surface area contributed by atoms with Crippen LogP contribution >= 0.6 is 0 Å². The maximum Gasteiger partial charge on any atom is 0.305 e. The van der Waals surface area contributed by atoms with Gasteiger partial charge < -0.3 is 14.2 Å². The molecular formula is C17H32O4. The third kappa shape index (κ3) is 13.9. The molecule has 0 rings (SSSR count). The summed E-state index contributed by atoms with van der Waals surface area (Å²) in [6.45, 7) is 9.81. The average molecular weight is 300 g/mol. The number of esters is 1. The first-order chi connectivity index (χ1) is 10.1. The number of allylic oxidation sites excluding steroid dienone is 1. The standard InChI is InChI=1S/C17H32O4/c1-5-19-17(20-6-2)13-11-9-7-8-10-12-16(18)21-14-15(3)4/h11,13,15,17H,5-10,12,14H2,1-4H3/b13-11+. The molecule has 0 spiro atoms. The Morgan fingerprint density at radius 3 is 2.29 bits per heavy atom. The Labute approximate surface area is 129 Å². The summed E-state index contributed by atoms with van der Waals surface area (Å²) in [5, 5.41) is 0. The van der Waals surface area contributed by atoms with Gasteiger partial charge in [0.1, 0.15) is 0 Å². The van der Waals surface area contributed by atoms with Crippen LogP contribution in [0.25, 0.3) is 0 Å². The van der Waals surface area contributed by atoms with Crippen molar-refractivity contribution < 1.29 is 19.0 Å². The van der Waals surface area contributed by atoms with E-state index in [2.05, 4.69) is 6.08 Å². The molecule has 0 bridgehead atoms. The molecule has 4 nitrogen and oxygen atoms in total. The fourth-order valence-electron chi connectivity index (χ4n) is 1.74. The van der Waals surface area contributed by atoms with Crippen LogP contribution in [0.5, 0.6) is 0 Å². The summed E-state index contributed by atoms with van der Waals surface area (Å²) in [7, 11) is 0. The molecule has 0 radical (unpaired) electrons. The Morgan fingerprint density at radius 2 is 1.71 bits per heavy atom. The van der Waals surface area contributed by atoms with Gasteiger partial charge in [0.2, 0.25) is 0 Å². The molecule has 124 valence electrons. The Kier molecular flexibility index (Phi) is 13.5. The maximum atomic E-state index is 11.4. The Morgan fingerprint density at radius 1 is 1.05 bits per heavy atom. The highest BCUT2D eigenvalue weighted by molar-refractivity contribution is 5.69. The van der Waals surface area contributed by atoms with E-state index in [4.69, 9.17) is 14.2 Å². The molecule has 0 heterocycles. The zero-order valence-electron chi connectivity index (χ0n) is 14.1. The number of unbranched alkanes of at least 4 members (excludes halogenated alkanes) is 3. The van der Waals surface area contributed by atoms with E-state index in [1.54, 1.807) is 0 Å². The van der Waals surface area contributed by atoms with Gasteiger partial charge in [0, 0.05) is 19.6 Å². The molecule has 0 aliphatic carbocycles. The topological polar surface area (TPSA) is 44.8 Å². The van der Waals surface area contributed by atoms with Gasteiger partial charge in [-0.3, -0.25) is 4.79 Å². The van der Waals surface area contributed by atoms with E-state index in [1.807, 2.05) is 33.8 Å². The van der Waals surface area contributed by atoms with Crippen molar-refractivity contribution >= 4 is 5.97 Å². The van der Waals surface area contributed by atoms with Crippen LogP contribution in [0, 0.1) is 5.92 Å². The molecule has 0 amide bonds. The summed E-state index contributed by atoms with van der Waals surface area (Å²) in [5.41, 5.74) is 0. The quantitative estimate of drug-likeness (QED) is 0.222. The smallest absolute Gasteiger partial charge is 0.305 e. The van der Waals surface area contributed by atoms with Gasteiger partial charge in [0.05, 0.1) is 6.61 Å². The van der Waals surface area contributed by atoms with Crippen LogP contribution in [0.4, 0.5) is 0 Å². The molecule has 0 fully saturated rings. The molecule has 0 aromatic carbocycles. The average Bonchev–Trinajstić information content (AvgIpc) is 2.44. The monoisotopic (exact) mass is 300 g/mol.